The second-order valence-electron chi connectivity index (χ2n) is 4.05. The molecule has 1 amide bonds. The van der Waals surface area contributed by atoms with Gasteiger partial charge >= 0.3 is 0 Å². The lowest BCUT2D eigenvalue weighted by Gasteiger charge is -2.01. The summed E-state index contributed by atoms with van der Waals surface area (Å²) in [5.41, 5.74) is 0.890. The molecule has 0 radical (unpaired) electrons. The van der Waals surface area contributed by atoms with Gasteiger partial charge in [0.25, 0.3) is 11.8 Å². The minimum Gasteiger partial charge on any atom is -0.356 e. The van der Waals surface area contributed by atoms with Gasteiger partial charge in [-0.1, -0.05) is 18.2 Å². The second kappa shape index (κ2) is 6.53. The minimum absolute atomic E-state index is 0.0223. The standard InChI is InChI=1S/C13H16N4O2/c1-10(18)14-8-5-9-15-13-16-12(19-17-13)11-6-3-2-4-7-11/h2-4,6-7H,5,8-9H2,1H3,(H,14,18)(H,15,17). The predicted octanol–water partition coefficient (Wildman–Crippen LogP) is 1.67. The molecule has 0 aliphatic rings. The Hall–Kier alpha value is -2.37. The largest absolute Gasteiger partial charge is 0.356 e. The molecule has 1 aromatic heterocycles. The maximum absolute atomic E-state index is 10.7. The van der Waals surface area contributed by atoms with Crippen molar-refractivity contribution in [2.24, 2.45) is 0 Å². The fourth-order valence-electron chi connectivity index (χ4n) is 1.55. The number of nitrogens with one attached hydrogen (secondary N) is 2. The van der Waals surface area contributed by atoms with E-state index in [1.807, 2.05) is 30.3 Å². The topological polar surface area (TPSA) is 80.0 Å². The summed E-state index contributed by atoms with van der Waals surface area (Å²) in [5.74, 6) is 0.928. The van der Waals surface area contributed by atoms with Gasteiger partial charge in [0.1, 0.15) is 0 Å². The van der Waals surface area contributed by atoms with E-state index in [-0.39, 0.29) is 5.91 Å². The molecule has 0 aliphatic heterocycles. The van der Waals surface area contributed by atoms with Crippen LogP contribution in [0.4, 0.5) is 5.95 Å². The zero-order chi connectivity index (χ0) is 13.5. The summed E-state index contributed by atoms with van der Waals surface area (Å²) in [6, 6.07) is 9.59. The van der Waals surface area contributed by atoms with Gasteiger partial charge in [0.15, 0.2) is 0 Å². The molecule has 0 spiro atoms. The summed E-state index contributed by atoms with van der Waals surface area (Å²) in [4.78, 5) is 14.9. The predicted molar refractivity (Wildman–Crippen MR) is 71.5 cm³/mol. The quantitative estimate of drug-likeness (QED) is 0.772. The third kappa shape index (κ3) is 4.09. The normalized spacial score (nSPS) is 10.2. The molecule has 1 heterocycles. The molecule has 6 heteroatoms. The molecule has 0 saturated heterocycles. The molecule has 0 unspecified atom stereocenters. The maximum Gasteiger partial charge on any atom is 0.263 e. The van der Waals surface area contributed by atoms with Gasteiger partial charge in [0, 0.05) is 25.6 Å². The SMILES string of the molecule is CC(=O)NCCCNc1noc(-c2ccccc2)n1. The van der Waals surface area contributed by atoms with Crippen LogP contribution in [0.1, 0.15) is 13.3 Å². The Bertz CT molecular complexity index is 524. The fourth-order valence-corrected chi connectivity index (χ4v) is 1.55. The first kappa shape index (κ1) is 13.1. The van der Waals surface area contributed by atoms with Crippen LogP contribution in [-0.4, -0.2) is 29.1 Å². The van der Waals surface area contributed by atoms with E-state index in [0.29, 0.717) is 24.9 Å². The van der Waals surface area contributed by atoms with Crippen LogP contribution in [0.5, 0.6) is 0 Å². The van der Waals surface area contributed by atoms with Crippen molar-refractivity contribution in [3.63, 3.8) is 0 Å². The average molecular weight is 260 g/mol. The number of anilines is 1. The second-order valence-corrected chi connectivity index (χ2v) is 4.05. The van der Waals surface area contributed by atoms with Gasteiger partial charge in [-0.25, -0.2) is 0 Å². The molecule has 0 aliphatic carbocycles. The van der Waals surface area contributed by atoms with E-state index in [2.05, 4.69) is 20.8 Å². The Kier molecular flexibility index (Phi) is 4.49. The molecule has 0 bridgehead atoms. The summed E-state index contributed by atoms with van der Waals surface area (Å²) in [6.45, 7) is 2.80. The Morgan fingerprint density at radius 1 is 1.26 bits per heavy atom. The van der Waals surface area contributed by atoms with E-state index in [1.165, 1.54) is 6.92 Å². The van der Waals surface area contributed by atoms with Gasteiger partial charge in [0.05, 0.1) is 0 Å². The molecule has 100 valence electrons. The van der Waals surface area contributed by atoms with Gasteiger partial charge in [-0.2, -0.15) is 4.98 Å². The van der Waals surface area contributed by atoms with E-state index in [9.17, 15) is 4.79 Å². The van der Waals surface area contributed by atoms with Crippen molar-refractivity contribution in [3.05, 3.63) is 30.3 Å². The van der Waals surface area contributed by atoms with E-state index >= 15 is 0 Å². The van der Waals surface area contributed by atoms with Crippen LogP contribution in [0.2, 0.25) is 0 Å². The number of benzene rings is 1. The van der Waals surface area contributed by atoms with Crippen molar-refractivity contribution in [2.75, 3.05) is 18.4 Å². The highest BCUT2D eigenvalue weighted by atomic mass is 16.5. The first-order valence-corrected chi connectivity index (χ1v) is 6.13. The zero-order valence-corrected chi connectivity index (χ0v) is 10.7. The lowest BCUT2D eigenvalue weighted by atomic mass is 10.2. The van der Waals surface area contributed by atoms with Crippen LogP contribution in [0.15, 0.2) is 34.9 Å². The Balaban J connectivity index is 1.80. The molecule has 0 fully saturated rings. The van der Waals surface area contributed by atoms with Crippen LogP contribution < -0.4 is 10.6 Å². The summed E-state index contributed by atoms with van der Waals surface area (Å²) in [7, 11) is 0. The number of nitrogens with zero attached hydrogens (tertiary/aromatic N) is 2. The van der Waals surface area contributed by atoms with Gasteiger partial charge < -0.3 is 15.2 Å². The first-order valence-electron chi connectivity index (χ1n) is 6.13. The smallest absolute Gasteiger partial charge is 0.263 e. The number of amides is 1. The monoisotopic (exact) mass is 260 g/mol. The molecule has 1 aromatic carbocycles. The summed E-state index contributed by atoms with van der Waals surface area (Å²) in [6.07, 6.45) is 0.800. The lowest BCUT2D eigenvalue weighted by molar-refractivity contribution is -0.118. The van der Waals surface area contributed by atoms with Crippen molar-refractivity contribution in [3.8, 4) is 11.5 Å². The Morgan fingerprint density at radius 2 is 2.05 bits per heavy atom. The summed E-state index contributed by atoms with van der Waals surface area (Å²) >= 11 is 0. The van der Waals surface area contributed by atoms with Crippen LogP contribution in [0, 0.1) is 0 Å². The van der Waals surface area contributed by atoms with E-state index in [0.717, 1.165) is 12.0 Å². The van der Waals surface area contributed by atoms with Gasteiger partial charge in [-0.3, -0.25) is 4.79 Å². The number of aromatic nitrogens is 2. The maximum atomic E-state index is 10.7. The van der Waals surface area contributed by atoms with Crippen LogP contribution >= 0.6 is 0 Å². The number of hydrogen-bond acceptors (Lipinski definition) is 5. The van der Waals surface area contributed by atoms with Gasteiger partial charge in [0.2, 0.25) is 5.91 Å². The summed E-state index contributed by atoms with van der Waals surface area (Å²) < 4.78 is 5.15. The highest BCUT2D eigenvalue weighted by Gasteiger charge is 2.07. The van der Waals surface area contributed by atoms with E-state index < -0.39 is 0 Å². The van der Waals surface area contributed by atoms with Crippen molar-refractivity contribution < 1.29 is 9.32 Å². The Labute approximate surface area is 111 Å². The van der Waals surface area contributed by atoms with E-state index in [4.69, 9.17) is 4.52 Å². The third-order valence-electron chi connectivity index (χ3n) is 2.46. The molecule has 2 N–H and O–H groups in total. The van der Waals surface area contributed by atoms with Crippen molar-refractivity contribution >= 4 is 11.9 Å². The molecule has 0 saturated carbocycles. The third-order valence-corrected chi connectivity index (χ3v) is 2.46. The number of hydrogen-bond donors (Lipinski definition) is 2. The van der Waals surface area contributed by atoms with Crippen molar-refractivity contribution in [1.29, 1.82) is 0 Å². The van der Waals surface area contributed by atoms with Crippen molar-refractivity contribution in [2.45, 2.75) is 13.3 Å². The average Bonchev–Trinajstić information content (AvgIpc) is 2.88. The van der Waals surface area contributed by atoms with Crippen molar-refractivity contribution in [1.82, 2.24) is 15.5 Å². The summed E-state index contributed by atoms with van der Waals surface area (Å²) in [5, 5.41) is 9.60. The molecule has 0 atom stereocenters. The lowest BCUT2D eigenvalue weighted by Crippen LogP contribution is -2.22. The van der Waals surface area contributed by atoms with Crippen LogP contribution in [0.25, 0.3) is 11.5 Å². The highest BCUT2D eigenvalue weighted by Crippen LogP contribution is 2.17. The first-order chi connectivity index (χ1) is 9.25. The molecule has 2 rings (SSSR count). The number of carbonyl (C=O) groups excluding carboxylic acids is 1. The molecule has 19 heavy (non-hydrogen) atoms. The zero-order valence-electron chi connectivity index (χ0n) is 10.7. The Morgan fingerprint density at radius 3 is 2.79 bits per heavy atom. The molecular weight excluding hydrogens is 244 g/mol. The molecule has 2 aromatic rings. The minimum atomic E-state index is -0.0223. The van der Waals surface area contributed by atoms with E-state index in [1.54, 1.807) is 0 Å². The van der Waals surface area contributed by atoms with Crippen LogP contribution in [0.3, 0.4) is 0 Å². The molecular formula is C13H16N4O2. The fraction of sp³-hybridized carbons (Fsp3) is 0.308. The number of rotatable bonds is 6. The number of carbonyl (C=O) groups is 1. The van der Waals surface area contributed by atoms with Crippen LogP contribution in [-0.2, 0) is 4.79 Å². The highest BCUT2D eigenvalue weighted by molar-refractivity contribution is 5.72. The molecule has 6 nitrogen and oxygen atoms in total. The van der Waals surface area contributed by atoms with Gasteiger partial charge in [-0.15, -0.1) is 0 Å². The van der Waals surface area contributed by atoms with Gasteiger partial charge in [-0.05, 0) is 23.7 Å².